The van der Waals surface area contributed by atoms with Crippen LogP contribution in [0, 0.1) is 0 Å². The fourth-order valence-corrected chi connectivity index (χ4v) is 3.09. The third kappa shape index (κ3) is 4.45. The molecule has 0 aliphatic rings. The summed E-state index contributed by atoms with van der Waals surface area (Å²) in [7, 11) is 1.66. The van der Waals surface area contributed by atoms with Gasteiger partial charge in [-0.3, -0.25) is 0 Å². The second kappa shape index (κ2) is 7.61. The molecular weight excluding hydrogens is 296 g/mol. The Labute approximate surface area is 136 Å². The van der Waals surface area contributed by atoms with E-state index in [1.165, 1.54) is 0 Å². The van der Waals surface area contributed by atoms with Gasteiger partial charge in [0.2, 0.25) is 0 Å². The van der Waals surface area contributed by atoms with Crippen molar-refractivity contribution in [2.45, 2.75) is 32.1 Å². The standard InChI is InChI=1S/C17H24N2O2S/c1-17(2,16-19-13(8-10-18)12-22-16)9-11-21-15-6-4-14(20-3)5-7-15/h4-7,12H,8-11,18H2,1-3H3. The van der Waals surface area contributed by atoms with Crippen LogP contribution in [0.4, 0.5) is 0 Å². The summed E-state index contributed by atoms with van der Waals surface area (Å²) in [6, 6.07) is 7.66. The number of rotatable bonds is 8. The van der Waals surface area contributed by atoms with Crippen LogP contribution in [-0.4, -0.2) is 25.2 Å². The fourth-order valence-electron chi connectivity index (χ4n) is 2.08. The third-order valence-electron chi connectivity index (χ3n) is 3.59. The van der Waals surface area contributed by atoms with Crippen LogP contribution >= 0.6 is 11.3 Å². The zero-order chi connectivity index (χ0) is 16.0. The van der Waals surface area contributed by atoms with Crippen LogP contribution in [0.5, 0.6) is 11.5 Å². The van der Waals surface area contributed by atoms with Crippen molar-refractivity contribution in [1.82, 2.24) is 4.98 Å². The first kappa shape index (κ1) is 16.8. The van der Waals surface area contributed by atoms with E-state index in [-0.39, 0.29) is 5.41 Å². The number of aromatic nitrogens is 1. The molecule has 22 heavy (non-hydrogen) atoms. The predicted molar refractivity (Wildman–Crippen MR) is 91.0 cm³/mol. The van der Waals surface area contributed by atoms with Crippen LogP contribution in [0.3, 0.4) is 0 Å². The highest BCUT2D eigenvalue weighted by Crippen LogP contribution is 2.30. The summed E-state index contributed by atoms with van der Waals surface area (Å²) in [6.45, 7) is 5.71. The minimum atomic E-state index is 0.00395. The number of hydrogen-bond acceptors (Lipinski definition) is 5. The van der Waals surface area contributed by atoms with Gasteiger partial charge in [-0.05, 0) is 37.2 Å². The first-order chi connectivity index (χ1) is 10.5. The SMILES string of the molecule is COc1ccc(OCCC(C)(C)c2nc(CCN)cs2)cc1. The molecule has 0 amide bonds. The Kier molecular flexibility index (Phi) is 5.80. The van der Waals surface area contributed by atoms with Crippen LogP contribution < -0.4 is 15.2 Å². The Balaban J connectivity index is 1.88. The Morgan fingerprint density at radius 1 is 1.18 bits per heavy atom. The van der Waals surface area contributed by atoms with Crippen molar-refractivity contribution in [3.63, 3.8) is 0 Å². The molecule has 0 aliphatic carbocycles. The molecular formula is C17H24N2O2S. The van der Waals surface area contributed by atoms with Gasteiger partial charge in [-0.25, -0.2) is 4.98 Å². The van der Waals surface area contributed by atoms with Crippen LogP contribution in [-0.2, 0) is 11.8 Å². The number of nitrogens with two attached hydrogens (primary N) is 1. The maximum absolute atomic E-state index is 5.82. The summed E-state index contributed by atoms with van der Waals surface area (Å²) in [5.41, 5.74) is 6.67. The molecule has 2 aromatic rings. The average molecular weight is 320 g/mol. The normalized spacial score (nSPS) is 11.5. The molecule has 0 saturated carbocycles. The van der Waals surface area contributed by atoms with E-state index < -0.39 is 0 Å². The van der Waals surface area contributed by atoms with E-state index in [1.54, 1.807) is 18.4 Å². The second-order valence-corrected chi connectivity index (χ2v) is 6.70. The molecule has 0 atom stereocenters. The van der Waals surface area contributed by atoms with E-state index in [4.69, 9.17) is 15.2 Å². The van der Waals surface area contributed by atoms with Gasteiger partial charge in [0.05, 0.1) is 24.4 Å². The van der Waals surface area contributed by atoms with Crippen molar-refractivity contribution in [2.24, 2.45) is 5.73 Å². The highest BCUT2D eigenvalue weighted by atomic mass is 32.1. The highest BCUT2D eigenvalue weighted by molar-refractivity contribution is 7.09. The van der Waals surface area contributed by atoms with E-state index >= 15 is 0 Å². The molecule has 2 rings (SSSR count). The monoisotopic (exact) mass is 320 g/mol. The van der Waals surface area contributed by atoms with Crippen molar-refractivity contribution < 1.29 is 9.47 Å². The van der Waals surface area contributed by atoms with Gasteiger partial charge in [0, 0.05) is 17.2 Å². The number of methoxy groups -OCH3 is 1. The smallest absolute Gasteiger partial charge is 0.119 e. The number of thiazole rings is 1. The lowest BCUT2D eigenvalue weighted by atomic mass is 9.90. The molecule has 1 aromatic carbocycles. The number of benzene rings is 1. The molecule has 0 bridgehead atoms. The molecule has 5 heteroatoms. The van der Waals surface area contributed by atoms with Gasteiger partial charge in [-0.15, -0.1) is 11.3 Å². The van der Waals surface area contributed by atoms with E-state index in [0.29, 0.717) is 13.2 Å². The van der Waals surface area contributed by atoms with Crippen molar-refractivity contribution in [3.8, 4) is 11.5 Å². The summed E-state index contributed by atoms with van der Waals surface area (Å²) < 4.78 is 11.0. The summed E-state index contributed by atoms with van der Waals surface area (Å²) in [5, 5.41) is 3.25. The molecule has 0 fully saturated rings. The molecule has 4 nitrogen and oxygen atoms in total. The van der Waals surface area contributed by atoms with Gasteiger partial charge < -0.3 is 15.2 Å². The van der Waals surface area contributed by atoms with Gasteiger partial charge in [-0.2, -0.15) is 0 Å². The second-order valence-electron chi connectivity index (χ2n) is 5.84. The molecule has 1 aromatic heterocycles. The van der Waals surface area contributed by atoms with Gasteiger partial charge in [0.25, 0.3) is 0 Å². The Morgan fingerprint density at radius 3 is 2.50 bits per heavy atom. The van der Waals surface area contributed by atoms with Crippen molar-refractivity contribution in [1.29, 1.82) is 0 Å². The topological polar surface area (TPSA) is 57.4 Å². The minimum Gasteiger partial charge on any atom is -0.497 e. The lowest BCUT2D eigenvalue weighted by molar-refractivity contribution is 0.272. The first-order valence-electron chi connectivity index (χ1n) is 7.47. The van der Waals surface area contributed by atoms with E-state index in [9.17, 15) is 0 Å². The Morgan fingerprint density at radius 2 is 1.86 bits per heavy atom. The van der Waals surface area contributed by atoms with Gasteiger partial charge in [0.1, 0.15) is 11.5 Å². The Bertz CT molecular complexity index is 579. The molecule has 1 heterocycles. The maximum Gasteiger partial charge on any atom is 0.119 e. The van der Waals surface area contributed by atoms with Crippen molar-refractivity contribution in [3.05, 3.63) is 40.3 Å². The predicted octanol–water partition coefficient (Wildman–Crippen LogP) is 3.40. The molecule has 0 spiro atoms. The molecule has 120 valence electrons. The summed E-state index contributed by atoms with van der Waals surface area (Å²) in [5.74, 6) is 1.70. The minimum absolute atomic E-state index is 0.00395. The molecule has 0 radical (unpaired) electrons. The first-order valence-corrected chi connectivity index (χ1v) is 8.35. The van der Waals surface area contributed by atoms with Gasteiger partial charge >= 0.3 is 0 Å². The third-order valence-corrected chi connectivity index (χ3v) is 4.84. The quantitative estimate of drug-likeness (QED) is 0.810. The molecule has 0 saturated heterocycles. The fraction of sp³-hybridized carbons (Fsp3) is 0.471. The van der Waals surface area contributed by atoms with E-state index in [1.807, 2.05) is 24.3 Å². The van der Waals surface area contributed by atoms with Crippen LogP contribution in [0.15, 0.2) is 29.6 Å². The number of ether oxygens (including phenoxy) is 2. The van der Waals surface area contributed by atoms with Gasteiger partial charge in [0.15, 0.2) is 0 Å². The molecule has 0 aliphatic heterocycles. The summed E-state index contributed by atoms with van der Waals surface area (Å²) in [4.78, 5) is 4.69. The van der Waals surface area contributed by atoms with Crippen LogP contribution in [0.25, 0.3) is 0 Å². The zero-order valence-electron chi connectivity index (χ0n) is 13.5. The van der Waals surface area contributed by atoms with Crippen LogP contribution in [0.1, 0.15) is 31.0 Å². The number of hydrogen-bond donors (Lipinski definition) is 1. The molecule has 2 N–H and O–H groups in total. The maximum atomic E-state index is 5.82. The summed E-state index contributed by atoms with van der Waals surface area (Å²) >= 11 is 1.71. The van der Waals surface area contributed by atoms with Crippen molar-refractivity contribution in [2.75, 3.05) is 20.3 Å². The van der Waals surface area contributed by atoms with Gasteiger partial charge in [-0.1, -0.05) is 13.8 Å². The van der Waals surface area contributed by atoms with E-state index in [0.717, 1.165) is 35.0 Å². The van der Waals surface area contributed by atoms with Crippen LogP contribution in [0.2, 0.25) is 0 Å². The summed E-state index contributed by atoms with van der Waals surface area (Å²) in [6.07, 6.45) is 1.75. The zero-order valence-corrected chi connectivity index (χ0v) is 14.3. The lowest BCUT2D eigenvalue weighted by Gasteiger charge is -2.22. The van der Waals surface area contributed by atoms with Crippen molar-refractivity contribution >= 4 is 11.3 Å². The Hall–Kier alpha value is -1.59. The highest BCUT2D eigenvalue weighted by Gasteiger charge is 2.24. The largest absolute Gasteiger partial charge is 0.497 e. The lowest BCUT2D eigenvalue weighted by Crippen LogP contribution is -2.20. The average Bonchev–Trinajstić information content (AvgIpc) is 2.98. The molecule has 0 unspecified atom stereocenters. The number of nitrogens with zero attached hydrogens (tertiary/aromatic N) is 1. The van der Waals surface area contributed by atoms with E-state index in [2.05, 4.69) is 24.2 Å².